The lowest BCUT2D eigenvalue weighted by Gasteiger charge is -2.33. The van der Waals surface area contributed by atoms with Gasteiger partial charge in [-0.05, 0) is 85.6 Å². The maximum absolute atomic E-state index is 13.8. The third kappa shape index (κ3) is 7.38. The number of hydrogen-bond acceptors (Lipinski definition) is 6. The van der Waals surface area contributed by atoms with Crippen LogP contribution in [0.15, 0.2) is 72.8 Å². The number of aromatic nitrogens is 4. The van der Waals surface area contributed by atoms with Gasteiger partial charge in [-0.25, -0.2) is 4.39 Å². The largest absolute Gasteiger partial charge is 0.508 e. The van der Waals surface area contributed by atoms with Gasteiger partial charge in [0.2, 0.25) is 17.6 Å². The van der Waals surface area contributed by atoms with Gasteiger partial charge in [0.25, 0.3) is 0 Å². The molecule has 4 aromatic rings. The number of tetrazole rings is 1. The molecule has 0 fully saturated rings. The fourth-order valence-corrected chi connectivity index (χ4v) is 4.04. The Morgan fingerprint density at radius 3 is 2.28 bits per heavy atom. The molecule has 2 amide bonds. The van der Waals surface area contributed by atoms with Crippen molar-refractivity contribution in [3.05, 3.63) is 94.8 Å². The van der Waals surface area contributed by atoms with E-state index in [-0.39, 0.29) is 18.8 Å². The molecule has 1 atom stereocenters. The van der Waals surface area contributed by atoms with Crippen LogP contribution in [0.3, 0.4) is 0 Å². The van der Waals surface area contributed by atoms with Gasteiger partial charge in [-0.3, -0.25) is 9.59 Å². The number of phenols is 1. The average Bonchev–Trinajstić information content (AvgIpc) is 3.33. The van der Waals surface area contributed by atoms with Gasteiger partial charge in [-0.1, -0.05) is 35.9 Å². The van der Waals surface area contributed by atoms with Crippen LogP contribution in [0.2, 0.25) is 5.02 Å². The van der Waals surface area contributed by atoms with Crippen LogP contribution in [0, 0.1) is 5.82 Å². The Kier molecular flexibility index (Phi) is 8.25. The van der Waals surface area contributed by atoms with E-state index in [1.54, 1.807) is 48.5 Å². The Hall–Kier alpha value is -4.31. The summed E-state index contributed by atoms with van der Waals surface area (Å²) in [6.07, 6.45) is 0. The predicted octanol–water partition coefficient (Wildman–Crippen LogP) is 4.52. The molecule has 0 radical (unpaired) electrons. The van der Waals surface area contributed by atoms with Crippen molar-refractivity contribution in [2.24, 2.45) is 0 Å². The zero-order valence-electron chi connectivity index (χ0n) is 21.7. The Morgan fingerprint density at radius 1 is 1.03 bits per heavy atom. The summed E-state index contributed by atoms with van der Waals surface area (Å²) >= 11 is 5.96. The first-order chi connectivity index (χ1) is 18.5. The van der Waals surface area contributed by atoms with E-state index >= 15 is 0 Å². The van der Waals surface area contributed by atoms with Gasteiger partial charge in [-0.2, -0.15) is 4.80 Å². The molecule has 39 heavy (non-hydrogen) atoms. The van der Waals surface area contributed by atoms with E-state index in [4.69, 9.17) is 11.6 Å². The first kappa shape index (κ1) is 27.7. The highest BCUT2D eigenvalue weighted by molar-refractivity contribution is 6.30. The number of aromatic hydroxyl groups is 1. The van der Waals surface area contributed by atoms with Gasteiger partial charge in [-0.15, -0.1) is 10.2 Å². The lowest BCUT2D eigenvalue weighted by atomic mass is 10.0. The van der Waals surface area contributed by atoms with Crippen molar-refractivity contribution in [2.45, 2.75) is 45.4 Å². The van der Waals surface area contributed by atoms with Crippen LogP contribution in [-0.4, -0.2) is 47.6 Å². The minimum absolute atomic E-state index is 0.000950. The maximum atomic E-state index is 13.8. The molecule has 11 heteroatoms. The monoisotopic (exact) mass is 550 g/mol. The van der Waals surface area contributed by atoms with E-state index in [0.717, 1.165) is 4.80 Å². The number of phenolic OH excluding ortho intramolecular Hbond substituents is 1. The molecule has 9 nitrogen and oxygen atoms in total. The van der Waals surface area contributed by atoms with Gasteiger partial charge in [0.15, 0.2) is 0 Å². The van der Waals surface area contributed by atoms with Crippen molar-refractivity contribution in [3.63, 3.8) is 0 Å². The molecule has 1 aromatic heterocycles. The van der Waals surface area contributed by atoms with E-state index in [1.807, 2.05) is 20.8 Å². The number of nitrogens with one attached hydrogen (secondary N) is 1. The number of benzene rings is 3. The molecular formula is C28H28ClFN6O3. The molecule has 0 aliphatic rings. The van der Waals surface area contributed by atoms with Crippen molar-refractivity contribution >= 4 is 23.4 Å². The zero-order chi connectivity index (χ0) is 28.2. The summed E-state index contributed by atoms with van der Waals surface area (Å²) < 4.78 is 13.6. The molecule has 4 rings (SSSR count). The average molecular weight is 551 g/mol. The quantitative estimate of drug-likeness (QED) is 0.333. The van der Waals surface area contributed by atoms with E-state index in [0.29, 0.717) is 27.5 Å². The normalized spacial score (nSPS) is 12.1. The smallest absolute Gasteiger partial charge is 0.247 e. The number of carbonyl (C=O) groups excluding carboxylic acids is 2. The third-order valence-corrected chi connectivity index (χ3v) is 5.94. The topological polar surface area (TPSA) is 113 Å². The van der Waals surface area contributed by atoms with Crippen molar-refractivity contribution in [2.75, 3.05) is 0 Å². The van der Waals surface area contributed by atoms with Gasteiger partial charge in [0.05, 0.1) is 0 Å². The molecule has 0 unspecified atom stereocenters. The number of halogens is 2. The van der Waals surface area contributed by atoms with Crippen LogP contribution in [0.1, 0.15) is 37.9 Å². The molecular weight excluding hydrogens is 523 g/mol. The Balaban J connectivity index is 1.69. The summed E-state index contributed by atoms with van der Waals surface area (Å²) in [7, 11) is 0. The highest BCUT2D eigenvalue weighted by Crippen LogP contribution is 2.27. The van der Waals surface area contributed by atoms with E-state index < -0.39 is 29.2 Å². The van der Waals surface area contributed by atoms with Crippen LogP contribution >= 0.6 is 11.6 Å². The molecule has 0 aliphatic carbocycles. The summed E-state index contributed by atoms with van der Waals surface area (Å²) in [5, 5.41) is 25.7. The lowest BCUT2D eigenvalue weighted by molar-refractivity contribution is -0.143. The van der Waals surface area contributed by atoms with Crippen molar-refractivity contribution in [3.8, 4) is 17.1 Å². The first-order valence-corrected chi connectivity index (χ1v) is 12.5. The van der Waals surface area contributed by atoms with Gasteiger partial charge in [0.1, 0.15) is 24.2 Å². The Bertz CT molecular complexity index is 1430. The van der Waals surface area contributed by atoms with Crippen LogP contribution in [-0.2, 0) is 22.7 Å². The third-order valence-electron chi connectivity index (χ3n) is 5.69. The summed E-state index contributed by atoms with van der Waals surface area (Å²) in [5.74, 6) is -0.978. The van der Waals surface area contributed by atoms with Gasteiger partial charge >= 0.3 is 0 Å². The number of carbonyl (C=O) groups is 2. The molecule has 3 aromatic carbocycles. The van der Waals surface area contributed by atoms with E-state index in [2.05, 4.69) is 20.7 Å². The minimum Gasteiger partial charge on any atom is -0.508 e. The van der Waals surface area contributed by atoms with Gasteiger partial charge in [0, 0.05) is 22.7 Å². The van der Waals surface area contributed by atoms with Gasteiger partial charge < -0.3 is 15.3 Å². The number of amides is 2. The molecule has 0 spiro atoms. The van der Waals surface area contributed by atoms with E-state index in [9.17, 15) is 19.1 Å². The minimum atomic E-state index is -1.07. The fraction of sp³-hybridized carbons (Fsp3) is 0.250. The second kappa shape index (κ2) is 11.6. The second-order valence-electron chi connectivity index (χ2n) is 10.0. The summed E-state index contributed by atoms with van der Waals surface area (Å²) in [6, 6.07) is 17.6. The maximum Gasteiger partial charge on any atom is 0.247 e. The van der Waals surface area contributed by atoms with Crippen LogP contribution in [0.25, 0.3) is 11.4 Å². The predicted molar refractivity (Wildman–Crippen MR) is 144 cm³/mol. The summed E-state index contributed by atoms with van der Waals surface area (Å²) in [5.41, 5.74) is 1.19. The van der Waals surface area contributed by atoms with Crippen molar-refractivity contribution in [1.82, 2.24) is 30.4 Å². The SMILES string of the molecule is CC(C)(C)NC(=O)[C@@H](c1ccc(O)cc1)N(Cc1ccc(F)cc1)C(=O)Cn1nnc(-c2ccc(Cl)cc2)n1. The Labute approximate surface area is 230 Å². The van der Waals surface area contributed by atoms with Crippen LogP contribution in [0.4, 0.5) is 4.39 Å². The molecule has 0 bridgehead atoms. The van der Waals surface area contributed by atoms with Crippen molar-refractivity contribution < 1.29 is 19.1 Å². The van der Waals surface area contributed by atoms with Crippen LogP contribution in [0.5, 0.6) is 5.75 Å². The molecule has 2 N–H and O–H groups in total. The molecule has 1 heterocycles. The van der Waals surface area contributed by atoms with Crippen LogP contribution < -0.4 is 5.32 Å². The first-order valence-electron chi connectivity index (χ1n) is 12.2. The second-order valence-corrected chi connectivity index (χ2v) is 10.5. The number of hydrogen-bond donors (Lipinski definition) is 2. The fourth-order valence-electron chi connectivity index (χ4n) is 3.91. The summed E-state index contributed by atoms with van der Waals surface area (Å²) in [6.45, 7) is 5.20. The molecule has 0 aliphatic heterocycles. The standard InChI is InChI=1S/C28H28ClFN6O3/c1-28(2,3)31-27(39)25(19-8-14-23(37)15-9-19)35(16-18-4-12-22(30)13-5-18)24(38)17-36-33-26(32-34-36)20-6-10-21(29)11-7-20/h4-15,25,37H,16-17H2,1-3H3,(H,31,39)/t25-/m1/s1. The van der Waals surface area contributed by atoms with E-state index in [1.165, 1.54) is 29.2 Å². The zero-order valence-corrected chi connectivity index (χ0v) is 22.4. The lowest BCUT2D eigenvalue weighted by Crippen LogP contribution is -2.49. The highest BCUT2D eigenvalue weighted by atomic mass is 35.5. The van der Waals surface area contributed by atoms with Crippen molar-refractivity contribution in [1.29, 1.82) is 0 Å². The number of nitrogens with zero attached hydrogens (tertiary/aromatic N) is 5. The Morgan fingerprint density at radius 2 is 1.67 bits per heavy atom. The number of rotatable bonds is 8. The highest BCUT2D eigenvalue weighted by Gasteiger charge is 2.34. The summed E-state index contributed by atoms with van der Waals surface area (Å²) in [4.78, 5) is 30.0. The molecule has 0 saturated heterocycles. The molecule has 0 saturated carbocycles. The molecule has 202 valence electrons.